The van der Waals surface area contributed by atoms with Crippen molar-refractivity contribution in [3.63, 3.8) is 0 Å². The van der Waals surface area contributed by atoms with Crippen molar-refractivity contribution >= 4 is 22.1 Å². The fourth-order valence-corrected chi connectivity index (χ4v) is 3.02. The molecule has 3 heterocycles. The molecule has 0 aliphatic carbocycles. The number of rotatable bonds is 1. The second-order valence-electron chi connectivity index (χ2n) is 5.79. The number of aromatic nitrogens is 2. The third-order valence-corrected chi connectivity index (χ3v) is 4.19. The van der Waals surface area contributed by atoms with Crippen LogP contribution in [0.5, 0.6) is 0 Å². The molecule has 0 radical (unpaired) electrons. The highest BCUT2D eigenvalue weighted by molar-refractivity contribution is 6.08. The molecule has 108 valence electrons. The van der Waals surface area contributed by atoms with E-state index >= 15 is 0 Å². The van der Waals surface area contributed by atoms with Gasteiger partial charge in [0.1, 0.15) is 7.05 Å². The van der Waals surface area contributed by atoms with Gasteiger partial charge in [-0.1, -0.05) is 12.1 Å². The first-order chi connectivity index (χ1) is 10.6. The Hall–Kier alpha value is -2.68. The lowest BCUT2D eigenvalue weighted by Crippen LogP contribution is -2.30. The van der Waals surface area contributed by atoms with E-state index in [1.807, 2.05) is 6.07 Å². The number of nitrogens with zero attached hydrogens (tertiary/aromatic N) is 2. The maximum Gasteiger partial charge on any atom is 0.227 e. The highest BCUT2D eigenvalue weighted by Gasteiger charge is 2.20. The summed E-state index contributed by atoms with van der Waals surface area (Å²) in [5, 5.41) is 2.18. The first-order valence-electron chi connectivity index (χ1n) is 7.38. The fourth-order valence-electron chi connectivity index (χ4n) is 3.02. The molecule has 0 fully saturated rings. The van der Waals surface area contributed by atoms with Crippen molar-refractivity contribution < 1.29 is 8.98 Å². The van der Waals surface area contributed by atoms with Crippen molar-refractivity contribution in [2.75, 3.05) is 0 Å². The minimum atomic E-state index is 0.694. The van der Waals surface area contributed by atoms with E-state index in [1.54, 1.807) is 6.20 Å². The van der Waals surface area contributed by atoms with E-state index in [0.29, 0.717) is 5.71 Å². The molecule has 0 aliphatic rings. The van der Waals surface area contributed by atoms with Crippen LogP contribution in [-0.2, 0) is 7.05 Å². The molecule has 0 N–H and O–H groups in total. The Morgan fingerprint density at radius 3 is 2.77 bits per heavy atom. The Morgan fingerprint density at radius 2 is 1.91 bits per heavy atom. The zero-order valence-corrected chi connectivity index (χ0v) is 12.9. The predicted molar refractivity (Wildman–Crippen MR) is 87.6 cm³/mol. The van der Waals surface area contributed by atoms with Crippen LogP contribution in [0.3, 0.4) is 0 Å². The van der Waals surface area contributed by atoms with Crippen LogP contribution in [0.2, 0.25) is 0 Å². The van der Waals surface area contributed by atoms with E-state index in [1.165, 1.54) is 11.1 Å². The van der Waals surface area contributed by atoms with Crippen molar-refractivity contribution in [1.82, 2.24) is 4.98 Å². The molecule has 3 nitrogen and oxygen atoms in total. The quantitative estimate of drug-likeness (QED) is 0.494. The van der Waals surface area contributed by atoms with Gasteiger partial charge in [-0.05, 0) is 37.1 Å². The van der Waals surface area contributed by atoms with Gasteiger partial charge in [-0.25, -0.2) is 9.55 Å². The number of aryl methyl sites for hydroxylation is 3. The van der Waals surface area contributed by atoms with E-state index in [9.17, 15) is 0 Å². The molecule has 22 heavy (non-hydrogen) atoms. The molecule has 0 spiro atoms. The molecule has 0 aliphatic heterocycles. The Morgan fingerprint density at radius 1 is 1.05 bits per heavy atom. The summed E-state index contributed by atoms with van der Waals surface area (Å²) < 4.78 is 8.22. The normalized spacial score (nSPS) is 11.4. The van der Waals surface area contributed by atoms with Crippen molar-refractivity contribution in [1.29, 1.82) is 0 Å². The summed E-state index contributed by atoms with van der Waals surface area (Å²) in [6, 6.07) is 12.6. The Kier molecular flexibility index (Phi) is 2.76. The van der Waals surface area contributed by atoms with Crippen LogP contribution in [0.4, 0.5) is 0 Å². The van der Waals surface area contributed by atoms with Gasteiger partial charge in [-0.3, -0.25) is 0 Å². The van der Waals surface area contributed by atoms with Crippen molar-refractivity contribution in [3.8, 4) is 11.3 Å². The molecule has 0 saturated carbocycles. The lowest BCUT2D eigenvalue weighted by molar-refractivity contribution is -0.660. The number of furan rings is 1. The summed E-state index contributed by atoms with van der Waals surface area (Å²) in [6.45, 7) is 4.23. The third kappa shape index (κ3) is 1.82. The third-order valence-electron chi connectivity index (χ3n) is 4.19. The van der Waals surface area contributed by atoms with Crippen LogP contribution in [0.1, 0.15) is 11.1 Å². The molecule has 1 aromatic carbocycles. The van der Waals surface area contributed by atoms with Gasteiger partial charge in [0, 0.05) is 29.1 Å². The van der Waals surface area contributed by atoms with Gasteiger partial charge in [0.15, 0.2) is 11.8 Å². The lowest BCUT2D eigenvalue weighted by Gasteiger charge is -2.06. The van der Waals surface area contributed by atoms with E-state index in [0.717, 1.165) is 27.6 Å². The molecule has 0 amide bonds. The minimum Gasteiger partial charge on any atom is -0.437 e. The molecule has 0 bridgehead atoms. The molecular weight excluding hydrogens is 272 g/mol. The second kappa shape index (κ2) is 4.67. The fraction of sp³-hybridized carbons (Fsp3) is 0.158. The summed E-state index contributed by atoms with van der Waals surface area (Å²) in [6.07, 6.45) is 3.85. The lowest BCUT2D eigenvalue weighted by atomic mass is 10.00. The number of fused-ring (bicyclic) bond motifs is 3. The van der Waals surface area contributed by atoms with Crippen LogP contribution < -0.4 is 4.57 Å². The molecular formula is C19H17N2O+. The predicted octanol–water partition coefficient (Wildman–Crippen LogP) is 4.09. The first kappa shape index (κ1) is 13.0. The number of benzene rings is 1. The van der Waals surface area contributed by atoms with Crippen LogP contribution in [0.25, 0.3) is 33.3 Å². The Bertz CT molecular complexity index is 1010. The standard InChI is InChI=1S/C19H17N2O/c1-12-8-10-21(3)16(11-12)17-13(2)6-7-14-15-5-4-9-20-19(15)22-18(14)17/h4-11H,1-3H3/q+1. The van der Waals surface area contributed by atoms with Crippen LogP contribution >= 0.6 is 0 Å². The van der Waals surface area contributed by atoms with Gasteiger partial charge >= 0.3 is 0 Å². The highest BCUT2D eigenvalue weighted by atomic mass is 16.3. The first-order valence-corrected chi connectivity index (χ1v) is 7.38. The largest absolute Gasteiger partial charge is 0.437 e. The number of hydrogen-bond donors (Lipinski definition) is 0. The summed E-state index contributed by atoms with van der Waals surface area (Å²) >= 11 is 0. The molecule has 3 heteroatoms. The average Bonchev–Trinajstić information content (AvgIpc) is 2.88. The van der Waals surface area contributed by atoms with Gasteiger partial charge in [-0.2, -0.15) is 0 Å². The summed E-state index contributed by atoms with van der Waals surface area (Å²) in [4.78, 5) is 4.35. The summed E-state index contributed by atoms with van der Waals surface area (Å²) in [7, 11) is 2.06. The smallest absolute Gasteiger partial charge is 0.227 e. The van der Waals surface area contributed by atoms with E-state index in [4.69, 9.17) is 4.42 Å². The van der Waals surface area contributed by atoms with E-state index in [-0.39, 0.29) is 0 Å². The van der Waals surface area contributed by atoms with Crippen molar-refractivity contribution in [3.05, 3.63) is 59.9 Å². The van der Waals surface area contributed by atoms with E-state index < -0.39 is 0 Å². The van der Waals surface area contributed by atoms with Crippen molar-refractivity contribution in [2.24, 2.45) is 7.05 Å². The summed E-state index contributed by atoms with van der Waals surface area (Å²) in [5.74, 6) is 0. The average molecular weight is 289 g/mol. The molecule has 0 atom stereocenters. The highest BCUT2D eigenvalue weighted by Crippen LogP contribution is 2.36. The molecule has 0 unspecified atom stereocenters. The molecule has 4 aromatic rings. The number of pyridine rings is 2. The van der Waals surface area contributed by atoms with Gasteiger partial charge in [0.25, 0.3) is 0 Å². The van der Waals surface area contributed by atoms with Crippen LogP contribution in [0.15, 0.2) is 53.2 Å². The maximum atomic E-state index is 6.09. The van der Waals surface area contributed by atoms with Gasteiger partial charge < -0.3 is 4.42 Å². The number of hydrogen-bond acceptors (Lipinski definition) is 2. The Balaban J connectivity index is 2.17. The van der Waals surface area contributed by atoms with Gasteiger partial charge in [0.05, 0.1) is 5.56 Å². The van der Waals surface area contributed by atoms with Crippen molar-refractivity contribution in [2.45, 2.75) is 13.8 Å². The zero-order valence-electron chi connectivity index (χ0n) is 12.9. The summed E-state index contributed by atoms with van der Waals surface area (Å²) in [5.41, 5.74) is 6.34. The Labute approximate surface area is 128 Å². The zero-order chi connectivity index (χ0) is 15.3. The van der Waals surface area contributed by atoms with Gasteiger partial charge in [0.2, 0.25) is 11.4 Å². The van der Waals surface area contributed by atoms with E-state index in [2.05, 4.69) is 67.0 Å². The molecule has 3 aromatic heterocycles. The SMILES string of the molecule is Cc1cc[n+](C)c(-c2c(C)ccc3c2oc2ncccc23)c1. The molecule has 4 rings (SSSR count). The van der Waals surface area contributed by atoms with Gasteiger partial charge in [-0.15, -0.1) is 0 Å². The molecule has 0 saturated heterocycles. The van der Waals surface area contributed by atoms with Crippen LogP contribution in [-0.4, -0.2) is 4.98 Å². The minimum absolute atomic E-state index is 0.694. The van der Waals surface area contributed by atoms with Crippen LogP contribution in [0, 0.1) is 13.8 Å². The topological polar surface area (TPSA) is 29.9 Å². The second-order valence-corrected chi connectivity index (χ2v) is 5.79. The maximum absolute atomic E-state index is 6.09. The monoisotopic (exact) mass is 289 g/mol.